The molecule has 1 aromatic heterocycles. The Morgan fingerprint density at radius 3 is 2.71 bits per heavy atom. The van der Waals surface area contributed by atoms with Crippen molar-refractivity contribution in [1.29, 1.82) is 0 Å². The van der Waals surface area contributed by atoms with E-state index in [1.54, 1.807) is 6.20 Å². The average molecular weight is 190 g/mol. The first-order valence-electron chi connectivity index (χ1n) is 5.19. The molecule has 0 spiro atoms. The van der Waals surface area contributed by atoms with Gasteiger partial charge in [-0.1, -0.05) is 25.5 Å². The van der Waals surface area contributed by atoms with Crippen molar-refractivity contribution in [3.8, 4) is 0 Å². The van der Waals surface area contributed by atoms with Crippen molar-refractivity contribution in [2.75, 3.05) is 5.73 Å². The molecule has 0 saturated carbocycles. The van der Waals surface area contributed by atoms with Gasteiger partial charge in [-0.25, -0.2) is 4.98 Å². The Kier molecular flexibility index (Phi) is 3.69. The molecule has 0 aromatic carbocycles. The van der Waals surface area contributed by atoms with Gasteiger partial charge in [0, 0.05) is 11.4 Å². The lowest BCUT2D eigenvalue weighted by atomic mass is 10.0. The Morgan fingerprint density at radius 1 is 1.36 bits per heavy atom. The van der Waals surface area contributed by atoms with Crippen LogP contribution in [0.2, 0.25) is 0 Å². The number of nitrogens with zero attached hydrogens (tertiary/aromatic N) is 1. The third kappa shape index (κ3) is 1.95. The predicted octanol–water partition coefficient (Wildman–Crippen LogP) is 1.43. The van der Waals surface area contributed by atoms with Crippen molar-refractivity contribution in [3.63, 3.8) is 0 Å². The molecule has 2 rings (SSSR count). The molecule has 0 radical (unpaired) electrons. The maximum Gasteiger partial charge on any atom is 0.130 e. The molecule has 0 amide bonds. The molecule has 76 valence electrons. The molecule has 2 heteroatoms. The molecule has 2 N–H and O–H groups in total. The van der Waals surface area contributed by atoms with E-state index in [1.165, 1.54) is 10.8 Å². The summed E-state index contributed by atoms with van der Waals surface area (Å²) >= 11 is 0. The minimum Gasteiger partial charge on any atom is -0.383 e. The zero-order valence-electron chi connectivity index (χ0n) is 9.17. The van der Waals surface area contributed by atoms with Crippen LogP contribution in [0.1, 0.15) is 33.6 Å². The maximum absolute atomic E-state index is 5.75. The number of hydrogen-bond donors (Lipinski definition) is 1. The van der Waals surface area contributed by atoms with Crippen molar-refractivity contribution in [2.24, 2.45) is 0 Å². The van der Waals surface area contributed by atoms with Crippen molar-refractivity contribution < 1.29 is 0 Å². The maximum atomic E-state index is 5.75. The van der Waals surface area contributed by atoms with Gasteiger partial charge in [0.15, 0.2) is 0 Å². The number of rotatable bonds is 0. The molecule has 0 saturated heterocycles. The fourth-order valence-electron chi connectivity index (χ4n) is 1.64. The van der Waals surface area contributed by atoms with Crippen LogP contribution in [-0.2, 0) is 0 Å². The number of nitrogens with two attached hydrogens (primary N) is 1. The van der Waals surface area contributed by atoms with Crippen LogP contribution >= 0.6 is 0 Å². The van der Waals surface area contributed by atoms with E-state index in [2.05, 4.69) is 18.0 Å². The smallest absolute Gasteiger partial charge is 0.130 e. The van der Waals surface area contributed by atoms with E-state index in [0.717, 1.165) is 18.1 Å². The van der Waals surface area contributed by atoms with E-state index < -0.39 is 0 Å². The Hall–Kier alpha value is -1.31. The molecule has 0 bridgehead atoms. The van der Waals surface area contributed by atoms with Gasteiger partial charge >= 0.3 is 0 Å². The summed E-state index contributed by atoms with van der Waals surface area (Å²) in [7, 11) is 0. The summed E-state index contributed by atoms with van der Waals surface area (Å²) in [4.78, 5) is 4.06. The highest BCUT2D eigenvalue weighted by Crippen LogP contribution is 2.06. The highest BCUT2D eigenvalue weighted by Gasteiger charge is 2.01. The topological polar surface area (TPSA) is 38.9 Å². The Morgan fingerprint density at radius 2 is 2.07 bits per heavy atom. The largest absolute Gasteiger partial charge is 0.383 e. The average Bonchev–Trinajstić information content (AvgIpc) is 2.23. The van der Waals surface area contributed by atoms with Gasteiger partial charge in [0.2, 0.25) is 0 Å². The van der Waals surface area contributed by atoms with Gasteiger partial charge in [-0.3, -0.25) is 0 Å². The monoisotopic (exact) mass is 190 g/mol. The molecule has 0 aliphatic heterocycles. The van der Waals surface area contributed by atoms with E-state index >= 15 is 0 Å². The second-order valence-corrected chi connectivity index (χ2v) is 3.18. The van der Waals surface area contributed by atoms with Crippen molar-refractivity contribution in [3.05, 3.63) is 22.7 Å². The lowest BCUT2D eigenvalue weighted by Gasteiger charge is -2.06. The first-order chi connectivity index (χ1) is 6.79. The molecule has 14 heavy (non-hydrogen) atoms. The van der Waals surface area contributed by atoms with Crippen LogP contribution < -0.4 is 16.2 Å². The quantitative estimate of drug-likeness (QED) is 0.672. The third-order valence-corrected chi connectivity index (χ3v) is 2.35. The molecule has 1 heterocycles. The van der Waals surface area contributed by atoms with E-state index in [9.17, 15) is 0 Å². The van der Waals surface area contributed by atoms with Crippen molar-refractivity contribution in [2.45, 2.75) is 33.6 Å². The third-order valence-electron chi connectivity index (χ3n) is 2.35. The van der Waals surface area contributed by atoms with Crippen LogP contribution in [0.4, 0.5) is 5.82 Å². The van der Waals surface area contributed by atoms with Crippen molar-refractivity contribution >= 4 is 17.5 Å². The van der Waals surface area contributed by atoms with E-state index in [4.69, 9.17) is 5.73 Å². The van der Waals surface area contributed by atoms with Gasteiger partial charge in [-0.15, -0.1) is 0 Å². The molecule has 2 nitrogen and oxygen atoms in total. The standard InChI is InChI=1S/C10H12N2.C2H6/c1-7-3-2-4-9-8(7)5-6-12-10(9)11;1-2/h4-6H,2-3H2,1H3,(H2,11,12);1-2H3. The molecule has 0 atom stereocenters. The number of fused-ring (bicyclic) bond motifs is 1. The minimum absolute atomic E-state index is 0.659. The number of pyridine rings is 1. The Balaban J connectivity index is 0.000000461. The van der Waals surface area contributed by atoms with Crippen LogP contribution in [0, 0.1) is 0 Å². The van der Waals surface area contributed by atoms with Gasteiger partial charge in [-0.05, 0) is 31.1 Å². The highest BCUT2D eigenvalue weighted by molar-refractivity contribution is 5.53. The zero-order valence-corrected chi connectivity index (χ0v) is 9.17. The normalized spacial score (nSPS) is 13.5. The van der Waals surface area contributed by atoms with E-state index in [1.807, 2.05) is 19.9 Å². The van der Waals surface area contributed by atoms with E-state index in [-0.39, 0.29) is 0 Å². The van der Waals surface area contributed by atoms with Gasteiger partial charge in [0.25, 0.3) is 0 Å². The lowest BCUT2D eigenvalue weighted by molar-refractivity contribution is 1.06. The molecular formula is C12H18N2. The van der Waals surface area contributed by atoms with Crippen LogP contribution in [0.25, 0.3) is 11.6 Å². The first kappa shape index (κ1) is 10.8. The zero-order chi connectivity index (χ0) is 10.6. The predicted molar refractivity (Wildman–Crippen MR) is 62.0 cm³/mol. The van der Waals surface area contributed by atoms with Crippen LogP contribution in [-0.4, -0.2) is 4.98 Å². The lowest BCUT2D eigenvalue weighted by Crippen LogP contribution is -2.32. The SMILES string of the molecule is CC.CC1=c2ccnc(N)c2=CCC1. The van der Waals surface area contributed by atoms with Crippen molar-refractivity contribution in [1.82, 2.24) is 4.98 Å². The van der Waals surface area contributed by atoms with Crippen LogP contribution in [0.15, 0.2) is 12.3 Å². The minimum atomic E-state index is 0.659. The van der Waals surface area contributed by atoms with E-state index in [0.29, 0.717) is 5.82 Å². The summed E-state index contributed by atoms with van der Waals surface area (Å²) in [5, 5.41) is 2.40. The number of aromatic nitrogens is 1. The first-order valence-corrected chi connectivity index (χ1v) is 5.19. The molecule has 1 aliphatic rings. The summed E-state index contributed by atoms with van der Waals surface area (Å²) in [6.07, 6.45) is 6.19. The Labute approximate surface area is 85.2 Å². The fraction of sp³-hybridized carbons (Fsp3) is 0.417. The molecule has 1 aliphatic carbocycles. The highest BCUT2D eigenvalue weighted by atomic mass is 14.8. The summed E-state index contributed by atoms with van der Waals surface area (Å²) < 4.78 is 0. The molecular weight excluding hydrogens is 172 g/mol. The number of nitrogen functional groups attached to an aromatic ring is 1. The summed E-state index contributed by atoms with van der Waals surface area (Å²) in [6.45, 7) is 6.16. The van der Waals surface area contributed by atoms with Gasteiger partial charge in [0.1, 0.15) is 5.82 Å². The summed E-state index contributed by atoms with van der Waals surface area (Å²) in [5.41, 5.74) is 7.17. The van der Waals surface area contributed by atoms with Gasteiger partial charge < -0.3 is 5.73 Å². The molecule has 1 aromatic rings. The van der Waals surface area contributed by atoms with Gasteiger partial charge in [-0.2, -0.15) is 0 Å². The Bertz CT molecular complexity index is 418. The van der Waals surface area contributed by atoms with Crippen LogP contribution in [0.5, 0.6) is 0 Å². The second-order valence-electron chi connectivity index (χ2n) is 3.18. The van der Waals surface area contributed by atoms with Gasteiger partial charge in [0.05, 0.1) is 0 Å². The number of hydrogen-bond acceptors (Lipinski definition) is 2. The summed E-state index contributed by atoms with van der Waals surface area (Å²) in [5.74, 6) is 0.659. The molecule has 0 unspecified atom stereocenters. The molecule has 0 fully saturated rings. The fourth-order valence-corrected chi connectivity index (χ4v) is 1.64. The number of anilines is 1. The summed E-state index contributed by atoms with van der Waals surface area (Å²) in [6, 6.07) is 2.04. The van der Waals surface area contributed by atoms with Crippen LogP contribution in [0.3, 0.4) is 0 Å². The second kappa shape index (κ2) is 4.80.